The molecule has 0 aromatic carbocycles. The third-order valence-corrected chi connectivity index (χ3v) is 5.17. The van der Waals surface area contributed by atoms with Crippen molar-refractivity contribution in [2.75, 3.05) is 24.1 Å². The molecule has 0 fully saturated rings. The smallest absolute Gasteiger partial charge is 0.248 e. The van der Waals surface area contributed by atoms with E-state index < -0.39 is 0 Å². The first-order chi connectivity index (χ1) is 10.8. The Morgan fingerprint density at radius 2 is 1.26 bits per heavy atom. The van der Waals surface area contributed by atoms with Crippen molar-refractivity contribution in [2.24, 2.45) is 0 Å². The highest BCUT2D eigenvalue weighted by Crippen LogP contribution is 2.23. The van der Waals surface area contributed by atoms with Crippen LogP contribution in [0.25, 0.3) is 0 Å². The van der Waals surface area contributed by atoms with Gasteiger partial charge in [-0.3, -0.25) is 30.5 Å². The average molecular weight is 352 g/mol. The number of anilines is 2. The van der Waals surface area contributed by atoms with E-state index in [-0.39, 0.29) is 18.2 Å². The molecule has 2 aromatic rings. The summed E-state index contributed by atoms with van der Waals surface area (Å²) in [5.41, 5.74) is 5.37. The van der Waals surface area contributed by atoms with Gasteiger partial charge in [0.05, 0.1) is 0 Å². The molecule has 0 aliphatic rings. The van der Waals surface area contributed by atoms with Crippen LogP contribution in [0.5, 0.6) is 0 Å². The van der Waals surface area contributed by atoms with Crippen LogP contribution in [-0.4, -0.2) is 25.9 Å². The Bertz CT molecular complexity index is 637. The minimum atomic E-state index is -0.355. The van der Waals surface area contributed by atoms with Gasteiger partial charge in [-0.05, 0) is 38.1 Å². The highest BCUT2D eigenvalue weighted by Gasteiger charge is 2.14. The lowest BCUT2D eigenvalue weighted by atomic mass is 10.4. The van der Waals surface area contributed by atoms with Crippen LogP contribution in [0.4, 0.5) is 10.0 Å². The molecule has 0 saturated heterocycles. The predicted molar refractivity (Wildman–Crippen MR) is 95.8 cm³/mol. The molecule has 2 aromatic heterocycles. The summed E-state index contributed by atoms with van der Waals surface area (Å²) in [7, 11) is 3.50. The summed E-state index contributed by atoms with van der Waals surface area (Å²) in [4.78, 5) is 26.2. The fourth-order valence-electron chi connectivity index (χ4n) is 1.91. The minimum Gasteiger partial charge on any atom is -0.279 e. The molecule has 0 aliphatic heterocycles. The second-order valence-corrected chi connectivity index (χ2v) is 7.67. The zero-order valence-corrected chi connectivity index (χ0v) is 15.2. The van der Waals surface area contributed by atoms with Gasteiger partial charge >= 0.3 is 0 Å². The highest BCUT2D eigenvalue weighted by molar-refractivity contribution is 7.16. The maximum Gasteiger partial charge on any atom is 0.248 e. The van der Waals surface area contributed by atoms with Crippen LogP contribution in [0.15, 0.2) is 24.3 Å². The van der Waals surface area contributed by atoms with Gasteiger partial charge in [0, 0.05) is 23.8 Å². The van der Waals surface area contributed by atoms with Gasteiger partial charge in [-0.2, -0.15) is 0 Å². The van der Waals surface area contributed by atoms with Crippen LogP contribution in [0.2, 0.25) is 0 Å². The molecule has 8 heteroatoms. The van der Waals surface area contributed by atoms with Crippen LogP contribution in [0, 0.1) is 13.8 Å². The van der Waals surface area contributed by atoms with E-state index in [4.69, 9.17) is 0 Å². The van der Waals surface area contributed by atoms with Crippen molar-refractivity contribution < 1.29 is 9.59 Å². The molecule has 0 unspecified atom stereocenters. The van der Waals surface area contributed by atoms with Gasteiger partial charge in [0.25, 0.3) is 0 Å². The van der Waals surface area contributed by atoms with E-state index in [9.17, 15) is 9.59 Å². The second kappa shape index (κ2) is 7.47. The van der Waals surface area contributed by atoms with Gasteiger partial charge < -0.3 is 0 Å². The van der Waals surface area contributed by atoms with E-state index in [0.717, 1.165) is 19.8 Å². The Labute approximate surface area is 143 Å². The van der Waals surface area contributed by atoms with Crippen molar-refractivity contribution in [1.82, 2.24) is 10.9 Å². The number of hydrogen-bond donors (Lipinski definition) is 2. The van der Waals surface area contributed by atoms with Crippen molar-refractivity contribution >= 4 is 44.5 Å². The summed E-state index contributed by atoms with van der Waals surface area (Å²) in [5.74, 6) is -0.710. The Hall–Kier alpha value is -2.06. The van der Waals surface area contributed by atoms with Gasteiger partial charge in [-0.15, -0.1) is 22.7 Å². The number of nitrogens with zero attached hydrogens (tertiary/aromatic N) is 2. The molecule has 2 N–H and O–H groups in total. The molecule has 0 radical (unpaired) electrons. The van der Waals surface area contributed by atoms with Crippen LogP contribution in [-0.2, 0) is 9.59 Å². The molecule has 0 atom stereocenters. The van der Waals surface area contributed by atoms with E-state index >= 15 is 0 Å². The van der Waals surface area contributed by atoms with Gasteiger partial charge in [-0.25, -0.2) is 0 Å². The van der Waals surface area contributed by atoms with Crippen molar-refractivity contribution in [2.45, 2.75) is 20.3 Å². The number of amides is 2. The molecule has 0 spiro atoms. The summed E-state index contributed by atoms with van der Waals surface area (Å²) in [6.07, 6.45) is -0.233. The lowest BCUT2D eigenvalue weighted by molar-refractivity contribution is -0.129. The number of hydrogen-bond acceptors (Lipinski definition) is 6. The fraction of sp³-hybridized carbons (Fsp3) is 0.333. The van der Waals surface area contributed by atoms with E-state index in [2.05, 4.69) is 10.9 Å². The van der Waals surface area contributed by atoms with Gasteiger partial charge in [0.15, 0.2) is 0 Å². The average Bonchev–Trinajstić information content (AvgIpc) is 3.07. The summed E-state index contributed by atoms with van der Waals surface area (Å²) < 4.78 is 0. The summed E-state index contributed by atoms with van der Waals surface area (Å²) in [6, 6.07) is 7.81. The molecule has 0 bridgehead atoms. The SMILES string of the molecule is Cc1ccc(N(C)NC(=O)CC(=O)NN(C)c2ccc(C)s2)s1. The molecule has 23 heavy (non-hydrogen) atoms. The van der Waals surface area contributed by atoms with Crippen LogP contribution < -0.4 is 20.9 Å². The molecule has 2 amide bonds. The van der Waals surface area contributed by atoms with Crippen molar-refractivity contribution in [3.63, 3.8) is 0 Å². The van der Waals surface area contributed by atoms with Gasteiger partial charge in [-0.1, -0.05) is 0 Å². The number of rotatable bonds is 6. The Balaban J connectivity index is 1.81. The van der Waals surface area contributed by atoms with Gasteiger partial charge in [0.2, 0.25) is 11.8 Å². The first kappa shape index (κ1) is 17.3. The maximum atomic E-state index is 11.9. The monoisotopic (exact) mass is 352 g/mol. The summed E-state index contributed by atoms with van der Waals surface area (Å²) >= 11 is 3.14. The number of thiophene rings is 2. The molecule has 2 heterocycles. The molecule has 0 saturated carbocycles. The van der Waals surface area contributed by atoms with Crippen LogP contribution >= 0.6 is 22.7 Å². The molecule has 124 valence electrons. The normalized spacial score (nSPS) is 10.3. The highest BCUT2D eigenvalue weighted by atomic mass is 32.1. The Morgan fingerprint density at radius 1 is 0.870 bits per heavy atom. The molecular formula is C15H20N4O2S2. The Kier molecular flexibility index (Phi) is 5.62. The number of nitrogens with one attached hydrogen (secondary N) is 2. The topological polar surface area (TPSA) is 64.7 Å². The van der Waals surface area contributed by atoms with E-state index in [0.29, 0.717) is 0 Å². The molecule has 6 nitrogen and oxygen atoms in total. The zero-order chi connectivity index (χ0) is 17.0. The van der Waals surface area contributed by atoms with E-state index in [1.165, 1.54) is 0 Å². The van der Waals surface area contributed by atoms with Gasteiger partial charge in [0.1, 0.15) is 16.4 Å². The molecule has 2 rings (SSSR count). The van der Waals surface area contributed by atoms with Crippen molar-refractivity contribution in [1.29, 1.82) is 0 Å². The first-order valence-corrected chi connectivity index (χ1v) is 8.68. The lowest BCUT2D eigenvalue weighted by Gasteiger charge is -2.20. The van der Waals surface area contributed by atoms with Crippen LogP contribution in [0.3, 0.4) is 0 Å². The lowest BCUT2D eigenvalue weighted by Crippen LogP contribution is -2.44. The number of aryl methyl sites for hydroxylation is 2. The fourth-order valence-corrected chi connectivity index (χ4v) is 3.48. The maximum absolute atomic E-state index is 11.9. The number of carbonyl (C=O) groups excluding carboxylic acids is 2. The molecule has 0 aliphatic carbocycles. The second-order valence-electron chi connectivity index (χ2n) is 5.13. The standard InChI is InChI=1S/C15H20N4O2S2/c1-10-5-7-14(22-10)18(3)16-12(20)9-13(21)17-19(4)15-8-6-11(2)23-15/h5-8H,9H2,1-4H3,(H,16,20)(H,17,21). The third-order valence-electron chi connectivity index (χ3n) is 3.02. The van der Waals surface area contributed by atoms with Crippen molar-refractivity contribution in [3.8, 4) is 0 Å². The van der Waals surface area contributed by atoms with Crippen molar-refractivity contribution in [3.05, 3.63) is 34.0 Å². The van der Waals surface area contributed by atoms with E-state index in [1.54, 1.807) is 46.8 Å². The number of carbonyl (C=O) groups is 2. The predicted octanol–water partition coefficient (Wildman–Crippen LogP) is 2.45. The number of hydrazine groups is 2. The van der Waals surface area contributed by atoms with Crippen LogP contribution in [0.1, 0.15) is 16.2 Å². The third kappa shape index (κ3) is 4.97. The zero-order valence-electron chi connectivity index (χ0n) is 13.5. The molecular weight excluding hydrogens is 332 g/mol. The Morgan fingerprint density at radius 3 is 1.57 bits per heavy atom. The quantitative estimate of drug-likeness (QED) is 0.619. The van der Waals surface area contributed by atoms with E-state index in [1.807, 2.05) is 38.1 Å². The minimum absolute atomic E-state index is 0.233. The summed E-state index contributed by atoms with van der Waals surface area (Å²) in [5, 5.41) is 5.09. The first-order valence-electron chi connectivity index (χ1n) is 7.04. The largest absolute Gasteiger partial charge is 0.279 e. The summed E-state index contributed by atoms with van der Waals surface area (Å²) in [6.45, 7) is 4.00.